The van der Waals surface area contributed by atoms with Crippen LogP contribution in [0.4, 0.5) is 0 Å². The summed E-state index contributed by atoms with van der Waals surface area (Å²) in [6, 6.07) is 0. The van der Waals surface area contributed by atoms with Crippen LogP contribution in [-0.4, -0.2) is 24.3 Å². The summed E-state index contributed by atoms with van der Waals surface area (Å²) in [6.45, 7) is 2.34. The molecular formula is C22H44O3. The van der Waals surface area contributed by atoms with Gasteiger partial charge in [-0.1, -0.05) is 110 Å². The molecule has 0 unspecified atom stereocenters. The van der Waals surface area contributed by atoms with Crippen molar-refractivity contribution in [2.75, 3.05) is 13.2 Å². The molecule has 3 heteroatoms. The Morgan fingerprint density at radius 1 is 0.640 bits per heavy atom. The molecule has 0 aromatic heterocycles. The van der Waals surface area contributed by atoms with E-state index in [-0.39, 0.29) is 19.2 Å². The van der Waals surface area contributed by atoms with Crippen LogP contribution in [0.25, 0.3) is 0 Å². The maximum atomic E-state index is 11.2. The molecule has 0 saturated heterocycles. The van der Waals surface area contributed by atoms with Gasteiger partial charge in [0.15, 0.2) is 0 Å². The number of unbranched alkanes of at least 4 members (excludes halogenated alkanes) is 16. The number of ether oxygens (including phenoxy) is 1. The van der Waals surface area contributed by atoms with Crippen LogP contribution in [0.1, 0.15) is 122 Å². The number of hydrogen-bond donors (Lipinski definition) is 1. The molecule has 1 N–H and O–H groups in total. The van der Waals surface area contributed by atoms with Crippen LogP contribution in [0.5, 0.6) is 0 Å². The van der Waals surface area contributed by atoms with Gasteiger partial charge in [0, 0.05) is 6.42 Å². The van der Waals surface area contributed by atoms with E-state index in [2.05, 4.69) is 6.92 Å². The summed E-state index contributed by atoms with van der Waals surface area (Å²) in [7, 11) is 0. The van der Waals surface area contributed by atoms with E-state index in [1.165, 1.54) is 96.3 Å². The lowest BCUT2D eigenvalue weighted by molar-refractivity contribution is -0.144. The number of carbonyl (C=O) groups is 1. The molecule has 0 saturated carbocycles. The Hall–Kier alpha value is -0.570. The molecule has 0 spiro atoms. The average molecular weight is 357 g/mol. The van der Waals surface area contributed by atoms with E-state index in [1.54, 1.807) is 0 Å². The molecule has 150 valence electrons. The summed E-state index contributed by atoms with van der Waals surface area (Å²) < 4.78 is 4.83. The largest absolute Gasteiger partial charge is 0.463 e. The van der Waals surface area contributed by atoms with Crippen LogP contribution in [-0.2, 0) is 9.53 Å². The molecule has 0 aliphatic rings. The van der Waals surface area contributed by atoms with Crippen LogP contribution in [0.2, 0.25) is 0 Å². The number of hydrogen-bond acceptors (Lipinski definition) is 3. The number of aliphatic hydroxyl groups is 1. The van der Waals surface area contributed by atoms with Gasteiger partial charge in [-0.2, -0.15) is 0 Å². The van der Waals surface area contributed by atoms with Crippen molar-refractivity contribution in [2.45, 2.75) is 122 Å². The molecule has 0 radical (unpaired) electrons. The van der Waals surface area contributed by atoms with Gasteiger partial charge in [0.2, 0.25) is 0 Å². The van der Waals surface area contributed by atoms with Gasteiger partial charge in [-0.3, -0.25) is 4.79 Å². The first-order chi connectivity index (χ1) is 12.3. The highest BCUT2D eigenvalue weighted by Gasteiger charge is 2.01. The lowest BCUT2D eigenvalue weighted by Gasteiger charge is -2.04. The number of rotatable bonds is 20. The summed E-state index contributed by atoms with van der Waals surface area (Å²) in [5, 5.41) is 8.56. The maximum absolute atomic E-state index is 11.2. The zero-order chi connectivity index (χ0) is 18.4. The van der Waals surface area contributed by atoms with Gasteiger partial charge in [0.25, 0.3) is 0 Å². The second kappa shape index (κ2) is 21.5. The van der Waals surface area contributed by atoms with Gasteiger partial charge in [0.1, 0.15) is 6.61 Å². The van der Waals surface area contributed by atoms with Crippen LogP contribution in [0, 0.1) is 0 Å². The third kappa shape index (κ3) is 21.4. The van der Waals surface area contributed by atoms with Gasteiger partial charge in [-0.25, -0.2) is 0 Å². The molecule has 0 rings (SSSR count). The predicted octanol–water partition coefficient (Wildman–Crippen LogP) is 6.56. The summed E-state index contributed by atoms with van der Waals surface area (Å²) in [5.41, 5.74) is 0. The van der Waals surface area contributed by atoms with Crippen molar-refractivity contribution < 1.29 is 14.6 Å². The third-order valence-electron chi connectivity index (χ3n) is 4.84. The van der Waals surface area contributed by atoms with Crippen LogP contribution < -0.4 is 0 Å². The molecule has 0 aromatic rings. The van der Waals surface area contributed by atoms with E-state index < -0.39 is 0 Å². The zero-order valence-corrected chi connectivity index (χ0v) is 16.9. The highest BCUT2D eigenvalue weighted by Crippen LogP contribution is 2.14. The van der Waals surface area contributed by atoms with Gasteiger partial charge in [-0.15, -0.1) is 0 Å². The van der Waals surface area contributed by atoms with Crippen molar-refractivity contribution in [1.82, 2.24) is 0 Å². The average Bonchev–Trinajstić information content (AvgIpc) is 2.62. The summed E-state index contributed by atoms with van der Waals surface area (Å²) in [5.74, 6) is -0.171. The number of carbonyl (C=O) groups excluding carboxylic acids is 1. The first-order valence-electron chi connectivity index (χ1n) is 11.1. The zero-order valence-electron chi connectivity index (χ0n) is 16.9. The molecular weight excluding hydrogens is 312 g/mol. The third-order valence-corrected chi connectivity index (χ3v) is 4.84. The van der Waals surface area contributed by atoms with Crippen molar-refractivity contribution in [3.63, 3.8) is 0 Å². The normalized spacial score (nSPS) is 11.0. The quantitative estimate of drug-likeness (QED) is 0.198. The van der Waals surface area contributed by atoms with Crippen molar-refractivity contribution in [2.24, 2.45) is 0 Å². The monoisotopic (exact) mass is 356 g/mol. The molecule has 0 amide bonds. The van der Waals surface area contributed by atoms with Crippen LogP contribution in [0.3, 0.4) is 0 Å². The molecule has 0 atom stereocenters. The minimum atomic E-state index is -0.171. The summed E-state index contributed by atoms with van der Waals surface area (Å²) in [4.78, 5) is 11.2. The fraction of sp³-hybridized carbons (Fsp3) is 0.955. The predicted molar refractivity (Wildman–Crippen MR) is 107 cm³/mol. The molecule has 0 aliphatic carbocycles. The number of esters is 1. The topological polar surface area (TPSA) is 46.5 Å². The molecule has 3 nitrogen and oxygen atoms in total. The molecule has 0 bridgehead atoms. The van der Waals surface area contributed by atoms with E-state index >= 15 is 0 Å². The van der Waals surface area contributed by atoms with E-state index in [0.717, 1.165) is 12.8 Å². The van der Waals surface area contributed by atoms with E-state index in [9.17, 15) is 4.79 Å². The SMILES string of the molecule is CCCCCCCCCCCCCCCCCCCC(=O)OCCO. The Labute approximate surface area is 156 Å². The molecule has 0 fully saturated rings. The van der Waals surface area contributed by atoms with Gasteiger partial charge in [-0.05, 0) is 6.42 Å². The van der Waals surface area contributed by atoms with Crippen molar-refractivity contribution in [3.8, 4) is 0 Å². The Morgan fingerprint density at radius 2 is 1.00 bits per heavy atom. The fourth-order valence-electron chi connectivity index (χ4n) is 3.23. The van der Waals surface area contributed by atoms with Gasteiger partial charge >= 0.3 is 5.97 Å². The second-order valence-electron chi connectivity index (χ2n) is 7.35. The van der Waals surface area contributed by atoms with E-state index in [4.69, 9.17) is 9.84 Å². The van der Waals surface area contributed by atoms with E-state index in [1.807, 2.05) is 0 Å². The number of aliphatic hydroxyl groups excluding tert-OH is 1. The maximum Gasteiger partial charge on any atom is 0.305 e. The molecule has 0 heterocycles. The Bertz CT molecular complexity index is 266. The van der Waals surface area contributed by atoms with E-state index in [0.29, 0.717) is 6.42 Å². The van der Waals surface area contributed by atoms with Crippen molar-refractivity contribution in [1.29, 1.82) is 0 Å². The lowest BCUT2D eigenvalue weighted by atomic mass is 10.0. The minimum absolute atomic E-state index is 0.0786. The first kappa shape index (κ1) is 24.4. The summed E-state index contributed by atoms with van der Waals surface area (Å²) >= 11 is 0. The second-order valence-corrected chi connectivity index (χ2v) is 7.35. The van der Waals surface area contributed by atoms with Gasteiger partial charge in [0.05, 0.1) is 6.61 Å². The van der Waals surface area contributed by atoms with Crippen molar-refractivity contribution in [3.05, 3.63) is 0 Å². The lowest BCUT2D eigenvalue weighted by Crippen LogP contribution is -2.07. The minimum Gasteiger partial charge on any atom is -0.463 e. The smallest absolute Gasteiger partial charge is 0.305 e. The van der Waals surface area contributed by atoms with Gasteiger partial charge < -0.3 is 9.84 Å². The highest BCUT2D eigenvalue weighted by atomic mass is 16.5. The Balaban J connectivity index is 3.04. The Morgan fingerprint density at radius 3 is 1.36 bits per heavy atom. The first-order valence-corrected chi connectivity index (χ1v) is 11.1. The molecule has 0 aromatic carbocycles. The highest BCUT2D eigenvalue weighted by molar-refractivity contribution is 5.69. The van der Waals surface area contributed by atoms with Crippen molar-refractivity contribution >= 4 is 5.97 Å². The van der Waals surface area contributed by atoms with Crippen LogP contribution in [0.15, 0.2) is 0 Å². The Kier molecular flexibility index (Phi) is 21.0. The fourth-order valence-corrected chi connectivity index (χ4v) is 3.23. The summed E-state index contributed by atoms with van der Waals surface area (Å²) in [6.07, 6.45) is 23.4. The molecule has 25 heavy (non-hydrogen) atoms. The van der Waals surface area contributed by atoms with Crippen LogP contribution >= 0.6 is 0 Å². The molecule has 0 aliphatic heterocycles. The standard InChI is InChI=1S/C22H44O3/c1-2-3-4-5-6-7-8-9-10-11-12-13-14-15-16-17-18-19-22(24)25-21-20-23/h23H,2-21H2,1H3.